The normalized spacial score (nSPS) is 17.6. The SMILES string of the molecule is CC1Cc2ccccc2N1C(=O)Nc1ccon1. The first-order valence-electron chi connectivity index (χ1n) is 5.84. The quantitative estimate of drug-likeness (QED) is 0.837. The van der Waals surface area contributed by atoms with E-state index in [4.69, 9.17) is 4.52 Å². The second-order valence-corrected chi connectivity index (χ2v) is 4.37. The van der Waals surface area contributed by atoms with Crippen LogP contribution in [0.2, 0.25) is 0 Å². The van der Waals surface area contributed by atoms with Gasteiger partial charge in [-0.15, -0.1) is 0 Å². The summed E-state index contributed by atoms with van der Waals surface area (Å²) in [6.07, 6.45) is 2.30. The average Bonchev–Trinajstić information content (AvgIpc) is 2.94. The zero-order chi connectivity index (χ0) is 12.5. The van der Waals surface area contributed by atoms with Gasteiger partial charge in [0.2, 0.25) is 0 Å². The molecule has 5 heteroatoms. The van der Waals surface area contributed by atoms with Gasteiger partial charge in [0.15, 0.2) is 5.82 Å². The highest BCUT2D eigenvalue weighted by Gasteiger charge is 2.30. The molecule has 0 aliphatic carbocycles. The molecule has 92 valence electrons. The van der Waals surface area contributed by atoms with E-state index in [0.717, 1.165) is 12.1 Å². The summed E-state index contributed by atoms with van der Waals surface area (Å²) < 4.78 is 4.69. The smallest absolute Gasteiger partial charge is 0.327 e. The van der Waals surface area contributed by atoms with Crippen LogP contribution in [0.15, 0.2) is 41.1 Å². The molecule has 1 aromatic carbocycles. The van der Waals surface area contributed by atoms with Crippen molar-refractivity contribution >= 4 is 17.5 Å². The molecule has 1 unspecified atom stereocenters. The molecule has 0 saturated carbocycles. The Labute approximate surface area is 104 Å². The zero-order valence-electron chi connectivity index (χ0n) is 9.96. The molecule has 0 radical (unpaired) electrons. The fraction of sp³-hybridized carbons (Fsp3) is 0.231. The van der Waals surface area contributed by atoms with Crippen LogP contribution in [0.4, 0.5) is 16.3 Å². The molecular formula is C13H13N3O2. The highest BCUT2D eigenvalue weighted by atomic mass is 16.5. The van der Waals surface area contributed by atoms with Crippen molar-refractivity contribution < 1.29 is 9.32 Å². The predicted octanol–water partition coefficient (Wildman–Crippen LogP) is 2.66. The van der Waals surface area contributed by atoms with E-state index in [9.17, 15) is 4.79 Å². The number of nitrogens with one attached hydrogen (secondary N) is 1. The number of anilines is 2. The molecule has 0 spiro atoms. The van der Waals surface area contributed by atoms with Gasteiger partial charge in [-0.25, -0.2) is 4.79 Å². The minimum absolute atomic E-state index is 0.148. The van der Waals surface area contributed by atoms with E-state index in [0.29, 0.717) is 5.82 Å². The maximum absolute atomic E-state index is 12.2. The van der Waals surface area contributed by atoms with Crippen molar-refractivity contribution in [3.8, 4) is 0 Å². The van der Waals surface area contributed by atoms with Gasteiger partial charge in [0, 0.05) is 17.8 Å². The van der Waals surface area contributed by atoms with Crippen LogP contribution in [0.25, 0.3) is 0 Å². The number of urea groups is 1. The molecule has 1 atom stereocenters. The number of fused-ring (bicyclic) bond motifs is 1. The number of aromatic nitrogens is 1. The Hall–Kier alpha value is -2.30. The molecule has 3 rings (SSSR count). The summed E-state index contributed by atoms with van der Waals surface area (Å²) in [5.74, 6) is 0.427. The minimum atomic E-state index is -0.179. The summed E-state index contributed by atoms with van der Waals surface area (Å²) >= 11 is 0. The third-order valence-electron chi connectivity index (χ3n) is 3.10. The largest absolute Gasteiger partial charge is 0.363 e. The van der Waals surface area contributed by atoms with E-state index in [-0.39, 0.29) is 12.1 Å². The van der Waals surface area contributed by atoms with Crippen molar-refractivity contribution in [2.24, 2.45) is 0 Å². The summed E-state index contributed by atoms with van der Waals surface area (Å²) in [5, 5.41) is 6.39. The van der Waals surface area contributed by atoms with Crippen molar-refractivity contribution in [2.75, 3.05) is 10.2 Å². The third-order valence-corrected chi connectivity index (χ3v) is 3.10. The van der Waals surface area contributed by atoms with Crippen LogP contribution in [-0.2, 0) is 6.42 Å². The molecule has 18 heavy (non-hydrogen) atoms. The van der Waals surface area contributed by atoms with Crippen LogP contribution in [0.3, 0.4) is 0 Å². The van der Waals surface area contributed by atoms with Crippen molar-refractivity contribution in [2.45, 2.75) is 19.4 Å². The van der Waals surface area contributed by atoms with Crippen LogP contribution < -0.4 is 10.2 Å². The number of carbonyl (C=O) groups is 1. The molecular weight excluding hydrogens is 230 g/mol. The Balaban J connectivity index is 1.86. The lowest BCUT2D eigenvalue weighted by molar-refractivity contribution is 0.255. The fourth-order valence-electron chi connectivity index (χ4n) is 2.32. The molecule has 0 saturated heterocycles. The number of para-hydroxylation sites is 1. The van der Waals surface area contributed by atoms with E-state index < -0.39 is 0 Å². The summed E-state index contributed by atoms with van der Waals surface area (Å²) in [6.45, 7) is 2.03. The zero-order valence-corrected chi connectivity index (χ0v) is 9.96. The van der Waals surface area contributed by atoms with E-state index in [1.54, 1.807) is 11.0 Å². The Bertz CT molecular complexity index is 565. The van der Waals surface area contributed by atoms with E-state index >= 15 is 0 Å². The molecule has 1 aliphatic heterocycles. The molecule has 1 aromatic heterocycles. The van der Waals surface area contributed by atoms with Gasteiger partial charge in [-0.05, 0) is 25.0 Å². The molecule has 5 nitrogen and oxygen atoms in total. The number of carbonyl (C=O) groups excluding carboxylic acids is 1. The van der Waals surface area contributed by atoms with Gasteiger partial charge in [0.1, 0.15) is 6.26 Å². The molecule has 1 aliphatic rings. The monoisotopic (exact) mass is 243 g/mol. The summed E-state index contributed by atoms with van der Waals surface area (Å²) in [6, 6.07) is 9.52. The molecule has 2 aromatic rings. The maximum atomic E-state index is 12.2. The summed E-state index contributed by atoms with van der Waals surface area (Å²) in [5.41, 5.74) is 2.16. The van der Waals surface area contributed by atoms with Crippen molar-refractivity contribution in [1.29, 1.82) is 0 Å². The first kappa shape index (κ1) is 10.8. The number of benzene rings is 1. The second-order valence-electron chi connectivity index (χ2n) is 4.37. The average molecular weight is 243 g/mol. The van der Waals surface area contributed by atoms with Gasteiger partial charge < -0.3 is 4.52 Å². The lowest BCUT2D eigenvalue weighted by Crippen LogP contribution is -2.39. The Morgan fingerprint density at radius 3 is 3.06 bits per heavy atom. The highest BCUT2D eigenvalue weighted by molar-refractivity contribution is 6.03. The van der Waals surface area contributed by atoms with Crippen LogP contribution in [0.1, 0.15) is 12.5 Å². The highest BCUT2D eigenvalue weighted by Crippen LogP contribution is 2.32. The van der Waals surface area contributed by atoms with Crippen LogP contribution in [0, 0.1) is 0 Å². The molecule has 2 amide bonds. The third kappa shape index (κ3) is 1.73. The second kappa shape index (κ2) is 4.18. The first-order valence-corrected chi connectivity index (χ1v) is 5.84. The van der Waals surface area contributed by atoms with E-state index in [1.807, 2.05) is 25.1 Å². The van der Waals surface area contributed by atoms with Gasteiger partial charge in [-0.3, -0.25) is 10.2 Å². The number of rotatable bonds is 1. The minimum Gasteiger partial charge on any atom is -0.363 e. The van der Waals surface area contributed by atoms with Gasteiger partial charge in [0.05, 0.1) is 0 Å². The van der Waals surface area contributed by atoms with Crippen molar-refractivity contribution in [3.05, 3.63) is 42.2 Å². The summed E-state index contributed by atoms with van der Waals surface area (Å²) in [4.78, 5) is 14.0. The summed E-state index contributed by atoms with van der Waals surface area (Å²) in [7, 11) is 0. The predicted molar refractivity (Wildman–Crippen MR) is 67.6 cm³/mol. The van der Waals surface area contributed by atoms with Gasteiger partial charge in [-0.2, -0.15) is 0 Å². The molecule has 0 bridgehead atoms. The van der Waals surface area contributed by atoms with Crippen molar-refractivity contribution in [3.63, 3.8) is 0 Å². The van der Waals surface area contributed by atoms with Crippen LogP contribution >= 0.6 is 0 Å². The molecule has 0 fully saturated rings. The topological polar surface area (TPSA) is 58.4 Å². The van der Waals surface area contributed by atoms with Crippen LogP contribution in [0.5, 0.6) is 0 Å². The van der Waals surface area contributed by atoms with Gasteiger partial charge in [-0.1, -0.05) is 23.4 Å². The lowest BCUT2D eigenvalue weighted by atomic mass is 10.1. The molecule has 1 N–H and O–H groups in total. The Kier molecular flexibility index (Phi) is 2.51. The maximum Gasteiger partial charge on any atom is 0.327 e. The van der Waals surface area contributed by atoms with Gasteiger partial charge >= 0.3 is 6.03 Å². The number of hydrogen-bond acceptors (Lipinski definition) is 3. The fourth-order valence-corrected chi connectivity index (χ4v) is 2.32. The number of nitrogens with zero attached hydrogens (tertiary/aromatic N) is 2. The van der Waals surface area contributed by atoms with Crippen molar-refractivity contribution in [1.82, 2.24) is 5.16 Å². The lowest BCUT2D eigenvalue weighted by Gasteiger charge is -2.22. The Morgan fingerprint density at radius 1 is 1.44 bits per heavy atom. The van der Waals surface area contributed by atoms with Gasteiger partial charge in [0.25, 0.3) is 0 Å². The molecule has 2 heterocycles. The standard InChI is InChI=1S/C13H13N3O2/c1-9-8-10-4-2-3-5-11(10)16(9)13(17)14-12-6-7-18-15-12/h2-7,9H,8H2,1H3,(H,14,15,17). The Morgan fingerprint density at radius 2 is 2.28 bits per heavy atom. The van der Waals surface area contributed by atoms with E-state index in [1.165, 1.54) is 11.8 Å². The number of hydrogen-bond donors (Lipinski definition) is 1. The number of amides is 2. The van der Waals surface area contributed by atoms with E-state index in [2.05, 4.69) is 16.5 Å². The van der Waals surface area contributed by atoms with Crippen LogP contribution in [-0.4, -0.2) is 17.2 Å². The first-order chi connectivity index (χ1) is 8.75.